The van der Waals surface area contributed by atoms with E-state index in [1.54, 1.807) is 19.2 Å². The predicted molar refractivity (Wildman–Crippen MR) is 148 cm³/mol. The number of halogens is 2. The van der Waals surface area contributed by atoms with Crippen molar-refractivity contribution >= 4 is 39.6 Å². The van der Waals surface area contributed by atoms with Crippen LogP contribution >= 0.6 is 11.6 Å². The van der Waals surface area contributed by atoms with Gasteiger partial charge < -0.3 is 16.1 Å². The van der Waals surface area contributed by atoms with E-state index in [-0.39, 0.29) is 11.7 Å². The molecule has 196 valence electrons. The van der Waals surface area contributed by atoms with Crippen LogP contribution in [-0.4, -0.2) is 26.0 Å². The molecule has 1 atom stereocenters. The number of hydrazine groups is 2. The number of nitrogens with zero attached hydrogens (tertiary/aromatic N) is 5. The van der Waals surface area contributed by atoms with Crippen molar-refractivity contribution in [2.75, 3.05) is 10.6 Å². The second-order valence-electron chi connectivity index (χ2n) is 9.64. The number of fused-ring (bicyclic) bond motifs is 1. The van der Waals surface area contributed by atoms with E-state index in [1.165, 1.54) is 18.5 Å². The Bertz CT molecular complexity index is 1660. The average Bonchev–Trinajstić information content (AvgIpc) is 3.67. The Morgan fingerprint density at radius 2 is 1.97 bits per heavy atom. The van der Waals surface area contributed by atoms with Gasteiger partial charge >= 0.3 is 0 Å². The number of rotatable bonds is 7. The molecule has 0 radical (unpaired) electrons. The quantitative estimate of drug-likeness (QED) is 0.240. The Morgan fingerprint density at radius 3 is 2.72 bits per heavy atom. The number of hydrogen-bond acceptors (Lipinski definition) is 9. The molecule has 3 aromatic heterocycles. The summed E-state index contributed by atoms with van der Waals surface area (Å²) in [6.45, 7) is 3.56. The fourth-order valence-electron chi connectivity index (χ4n) is 4.61. The summed E-state index contributed by atoms with van der Waals surface area (Å²) in [4.78, 5) is 13.0. The van der Waals surface area contributed by atoms with Crippen molar-refractivity contribution in [1.29, 1.82) is 5.26 Å². The largest absolute Gasteiger partial charge is 0.373 e. The molecule has 6 rings (SSSR count). The molecule has 1 saturated carbocycles. The van der Waals surface area contributed by atoms with Crippen LogP contribution in [0.15, 0.2) is 60.8 Å². The third kappa shape index (κ3) is 4.90. The minimum atomic E-state index is -0.446. The van der Waals surface area contributed by atoms with Crippen molar-refractivity contribution in [3.05, 3.63) is 94.2 Å². The second kappa shape index (κ2) is 10.0. The Balaban J connectivity index is 1.43. The number of anilines is 3. The first-order chi connectivity index (χ1) is 18.9. The summed E-state index contributed by atoms with van der Waals surface area (Å²) in [6, 6.07) is 11.3. The molecule has 4 heterocycles. The summed E-state index contributed by atoms with van der Waals surface area (Å²) >= 11 is 6.72. The van der Waals surface area contributed by atoms with E-state index in [4.69, 9.17) is 11.6 Å². The van der Waals surface area contributed by atoms with Crippen molar-refractivity contribution in [1.82, 2.24) is 30.9 Å². The highest BCUT2D eigenvalue weighted by Gasteiger charge is 2.32. The summed E-state index contributed by atoms with van der Waals surface area (Å²) in [5.74, 6) is -0.446. The molecule has 0 saturated heterocycles. The lowest BCUT2D eigenvalue weighted by Crippen LogP contribution is -2.38. The topological polar surface area (TPSA) is 114 Å². The zero-order chi connectivity index (χ0) is 27.1. The lowest BCUT2D eigenvalue weighted by molar-refractivity contribution is 0.260. The van der Waals surface area contributed by atoms with Gasteiger partial charge in [0.1, 0.15) is 11.9 Å². The van der Waals surface area contributed by atoms with Gasteiger partial charge in [0, 0.05) is 53.0 Å². The highest BCUT2D eigenvalue weighted by molar-refractivity contribution is 6.36. The minimum absolute atomic E-state index is 0.276. The van der Waals surface area contributed by atoms with E-state index in [2.05, 4.69) is 53.8 Å². The second-order valence-corrected chi connectivity index (χ2v) is 10.1. The molecule has 11 heteroatoms. The number of aryl methyl sites for hydroxylation is 2. The van der Waals surface area contributed by atoms with Crippen molar-refractivity contribution in [3.8, 4) is 6.07 Å². The third-order valence-corrected chi connectivity index (χ3v) is 7.16. The van der Waals surface area contributed by atoms with E-state index in [9.17, 15) is 9.65 Å². The molecular formula is C28H25ClFN9. The van der Waals surface area contributed by atoms with Crippen LogP contribution in [-0.2, 0) is 0 Å². The number of aromatic nitrogens is 3. The molecule has 0 unspecified atom stereocenters. The number of pyridine rings is 3. The van der Waals surface area contributed by atoms with Crippen molar-refractivity contribution in [3.63, 3.8) is 0 Å². The fraction of sp³-hybridized carbons (Fsp3) is 0.214. The highest BCUT2D eigenvalue weighted by Crippen LogP contribution is 2.37. The molecule has 2 aliphatic rings. The van der Waals surface area contributed by atoms with Gasteiger partial charge in [-0.2, -0.15) is 5.26 Å². The van der Waals surface area contributed by atoms with Crippen LogP contribution < -0.4 is 21.6 Å². The van der Waals surface area contributed by atoms with Gasteiger partial charge in [0.15, 0.2) is 0 Å². The van der Waals surface area contributed by atoms with Gasteiger partial charge in [-0.05, 0) is 44.9 Å². The summed E-state index contributed by atoms with van der Waals surface area (Å²) in [6.07, 6.45) is 9.11. The summed E-state index contributed by atoms with van der Waals surface area (Å²) in [5.41, 5.74) is 12.0. The summed E-state index contributed by atoms with van der Waals surface area (Å²) in [5, 5.41) is 19.7. The van der Waals surface area contributed by atoms with Crippen LogP contribution in [0.2, 0.25) is 5.02 Å². The van der Waals surface area contributed by atoms with Gasteiger partial charge in [-0.1, -0.05) is 17.7 Å². The molecule has 0 spiro atoms. The monoisotopic (exact) mass is 541 g/mol. The fourth-order valence-corrected chi connectivity index (χ4v) is 4.88. The first-order valence-electron chi connectivity index (χ1n) is 12.5. The lowest BCUT2D eigenvalue weighted by atomic mass is 10.0. The van der Waals surface area contributed by atoms with Gasteiger partial charge in [-0.25, -0.2) is 4.39 Å². The molecule has 1 fully saturated rings. The Morgan fingerprint density at radius 1 is 1.13 bits per heavy atom. The van der Waals surface area contributed by atoms with Crippen LogP contribution in [0.5, 0.6) is 0 Å². The van der Waals surface area contributed by atoms with E-state index in [0.717, 1.165) is 29.8 Å². The van der Waals surface area contributed by atoms with Crippen LogP contribution in [0, 0.1) is 31.0 Å². The van der Waals surface area contributed by atoms with Crippen LogP contribution in [0.3, 0.4) is 0 Å². The maximum absolute atomic E-state index is 14.2. The normalized spacial score (nSPS) is 15.5. The van der Waals surface area contributed by atoms with Crippen LogP contribution in [0.1, 0.15) is 41.4 Å². The van der Waals surface area contributed by atoms with Gasteiger partial charge in [0.2, 0.25) is 0 Å². The first kappa shape index (κ1) is 24.9. The number of nitrogens with one attached hydrogen (secondary N) is 4. The molecule has 4 N–H and O–H groups in total. The Labute approximate surface area is 229 Å². The smallest absolute Gasteiger partial charge is 0.146 e. The minimum Gasteiger partial charge on any atom is -0.373 e. The lowest BCUT2D eigenvalue weighted by Gasteiger charge is -2.23. The van der Waals surface area contributed by atoms with E-state index < -0.39 is 5.82 Å². The molecule has 0 bridgehead atoms. The number of hydrogen-bond donors (Lipinski definition) is 4. The summed E-state index contributed by atoms with van der Waals surface area (Å²) in [7, 11) is 0. The molecule has 1 aromatic carbocycles. The molecule has 1 aliphatic heterocycles. The highest BCUT2D eigenvalue weighted by atomic mass is 35.5. The van der Waals surface area contributed by atoms with Crippen molar-refractivity contribution in [2.45, 2.75) is 38.8 Å². The molecular weight excluding hydrogens is 517 g/mol. The molecule has 1 aliphatic carbocycles. The van der Waals surface area contributed by atoms with E-state index >= 15 is 0 Å². The zero-order valence-electron chi connectivity index (χ0n) is 21.3. The SMILES string of the molecule is Cc1ncc(Nc2c(C#N)cnc3c(Cl)cc(N[C@H](C4=CN(C5CC5)NN4)c4cccnc4C)cc23)cc1F. The van der Waals surface area contributed by atoms with Gasteiger partial charge in [0.05, 0.1) is 51.1 Å². The number of benzene rings is 1. The van der Waals surface area contributed by atoms with Crippen LogP contribution in [0.4, 0.5) is 21.5 Å². The molecule has 0 amide bonds. The predicted octanol–water partition coefficient (Wildman–Crippen LogP) is 5.53. The Kier molecular flexibility index (Phi) is 6.38. The van der Waals surface area contributed by atoms with Crippen LogP contribution in [0.25, 0.3) is 10.9 Å². The van der Waals surface area contributed by atoms with Gasteiger partial charge in [-0.15, -0.1) is 5.53 Å². The molecule has 4 aromatic rings. The number of nitriles is 1. The van der Waals surface area contributed by atoms with Gasteiger partial charge in [0.25, 0.3) is 0 Å². The Hall–Kier alpha value is -4.46. The summed E-state index contributed by atoms with van der Waals surface area (Å²) < 4.78 is 14.2. The van der Waals surface area contributed by atoms with E-state index in [0.29, 0.717) is 44.6 Å². The third-order valence-electron chi connectivity index (χ3n) is 6.87. The average molecular weight is 542 g/mol. The van der Waals surface area contributed by atoms with Crippen molar-refractivity contribution in [2.24, 2.45) is 0 Å². The van der Waals surface area contributed by atoms with E-state index in [1.807, 2.05) is 25.1 Å². The molecule has 39 heavy (non-hydrogen) atoms. The van der Waals surface area contributed by atoms with Gasteiger partial charge in [-0.3, -0.25) is 20.0 Å². The first-order valence-corrected chi connectivity index (χ1v) is 12.9. The molecule has 9 nitrogen and oxygen atoms in total. The zero-order valence-corrected chi connectivity index (χ0v) is 22.0. The van der Waals surface area contributed by atoms with Crippen molar-refractivity contribution < 1.29 is 4.39 Å². The maximum atomic E-state index is 14.2. The maximum Gasteiger partial charge on any atom is 0.146 e. The standard InChI is InChI=1S/C28H25ClFN9/c1-15-21(4-3-7-32-15)28(25-14-39(38-37-25)20-5-6-20)35-18-8-22-26(36-19-10-24(30)16(2)33-13-19)17(11-31)12-34-27(22)23(29)9-18/h3-4,7-10,12-14,20,28,35,37-38H,5-6H2,1-2H3,(H,34,36)/t28-/m0/s1.